The molecular weight excluding hydrogens is 480 g/mol. The third kappa shape index (κ3) is 6.53. The summed E-state index contributed by atoms with van der Waals surface area (Å²) in [5.41, 5.74) is 8.29. The van der Waals surface area contributed by atoms with Crippen molar-refractivity contribution in [3.63, 3.8) is 0 Å². The number of hydrogen-bond donors (Lipinski definition) is 4. The minimum atomic E-state index is -1.26. The van der Waals surface area contributed by atoms with Gasteiger partial charge in [-0.3, -0.25) is 0 Å². The Bertz CT molecular complexity index is 1250. The highest BCUT2D eigenvalue weighted by atomic mass is 16.6. The molecule has 0 aliphatic carbocycles. The number of nitrogens with two attached hydrogens (primary N) is 1. The Kier molecular flexibility index (Phi) is 8.19. The van der Waals surface area contributed by atoms with E-state index in [1.54, 1.807) is 12.3 Å². The predicted octanol–water partition coefficient (Wildman–Crippen LogP) is 3.62. The smallest absolute Gasteiger partial charge is 0.328 e. The number of aliphatic carboxylic acids is 2. The number of phenols is 1. The fourth-order valence-corrected chi connectivity index (χ4v) is 4.67. The van der Waals surface area contributed by atoms with E-state index in [1.165, 1.54) is 0 Å². The van der Waals surface area contributed by atoms with Crippen LogP contribution in [0.4, 0.5) is 5.69 Å². The van der Waals surface area contributed by atoms with Crippen molar-refractivity contribution < 1.29 is 38.8 Å². The Morgan fingerprint density at radius 3 is 2.43 bits per heavy atom. The topological polar surface area (TPSA) is 156 Å². The molecule has 3 aromatic rings. The van der Waals surface area contributed by atoms with E-state index in [9.17, 15) is 14.7 Å². The van der Waals surface area contributed by atoms with Gasteiger partial charge in [-0.1, -0.05) is 12.1 Å². The van der Waals surface area contributed by atoms with Gasteiger partial charge in [-0.15, -0.1) is 0 Å². The second kappa shape index (κ2) is 11.7. The summed E-state index contributed by atoms with van der Waals surface area (Å²) >= 11 is 0. The highest BCUT2D eigenvalue weighted by molar-refractivity contribution is 5.89. The number of anilines is 1. The van der Waals surface area contributed by atoms with E-state index >= 15 is 0 Å². The number of nitrogens with zero attached hydrogens (tertiary/aromatic N) is 1. The predicted molar refractivity (Wildman–Crippen MR) is 136 cm³/mol. The molecule has 1 aromatic heterocycles. The third-order valence-electron chi connectivity index (χ3n) is 6.53. The normalized spacial score (nSPS) is 18.3. The molecule has 0 saturated carbocycles. The highest BCUT2D eigenvalue weighted by Gasteiger charge is 2.30. The van der Waals surface area contributed by atoms with Crippen molar-refractivity contribution in [3.05, 3.63) is 60.9 Å². The van der Waals surface area contributed by atoms with Crippen molar-refractivity contribution in [1.82, 2.24) is 0 Å². The van der Waals surface area contributed by atoms with E-state index in [1.807, 2.05) is 36.4 Å². The Morgan fingerprint density at radius 1 is 1.05 bits per heavy atom. The molecule has 3 heterocycles. The zero-order chi connectivity index (χ0) is 26.4. The number of aromatic hydroxyl groups is 1. The maximum Gasteiger partial charge on any atom is 0.328 e. The molecule has 0 spiro atoms. The molecule has 10 nitrogen and oxygen atoms in total. The third-order valence-corrected chi connectivity index (χ3v) is 6.53. The molecule has 5 N–H and O–H groups in total. The van der Waals surface area contributed by atoms with Gasteiger partial charge in [0.1, 0.15) is 24.0 Å². The molecule has 10 heteroatoms. The lowest BCUT2D eigenvalue weighted by Gasteiger charge is -2.37. The quantitative estimate of drug-likeness (QED) is 0.361. The van der Waals surface area contributed by atoms with Crippen LogP contribution in [0.15, 0.2) is 65.3 Å². The van der Waals surface area contributed by atoms with Gasteiger partial charge < -0.3 is 39.8 Å². The number of piperidine rings is 1. The number of carbonyl (C=O) groups is 2. The van der Waals surface area contributed by atoms with E-state index in [0.717, 1.165) is 60.5 Å². The molecule has 1 unspecified atom stereocenters. The lowest BCUT2D eigenvalue weighted by Crippen LogP contribution is -2.44. The van der Waals surface area contributed by atoms with Crippen LogP contribution in [0, 0.1) is 5.92 Å². The van der Waals surface area contributed by atoms with Crippen molar-refractivity contribution in [2.45, 2.75) is 31.4 Å². The number of furan rings is 1. The Hall–Kier alpha value is -4.18. The van der Waals surface area contributed by atoms with Crippen molar-refractivity contribution in [2.75, 3.05) is 24.6 Å². The summed E-state index contributed by atoms with van der Waals surface area (Å²) in [5.74, 6) is -0.215. The van der Waals surface area contributed by atoms with E-state index < -0.39 is 11.9 Å². The second-order valence-corrected chi connectivity index (χ2v) is 9.00. The van der Waals surface area contributed by atoms with E-state index in [-0.39, 0.29) is 12.1 Å². The Labute approximate surface area is 213 Å². The lowest BCUT2D eigenvalue weighted by atomic mass is 9.86. The van der Waals surface area contributed by atoms with Gasteiger partial charge in [0.25, 0.3) is 0 Å². The van der Waals surface area contributed by atoms with Crippen molar-refractivity contribution in [1.29, 1.82) is 0 Å². The van der Waals surface area contributed by atoms with E-state index in [2.05, 4.69) is 4.90 Å². The highest BCUT2D eigenvalue weighted by Crippen LogP contribution is 2.40. The fraction of sp³-hybridized carbons (Fsp3) is 0.333. The van der Waals surface area contributed by atoms with Crippen LogP contribution in [0.5, 0.6) is 17.2 Å². The van der Waals surface area contributed by atoms with Crippen LogP contribution in [0.2, 0.25) is 0 Å². The monoisotopic (exact) mass is 510 g/mol. The van der Waals surface area contributed by atoms with Crippen LogP contribution in [0.1, 0.15) is 19.3 Å². The van der Waals surface area contributed by atoms with Crippen LogP contribution in [0.3, 0.4) is 0 Å². The van der Waals surface area contributed by atoms with Crippen LogP contribution in [-0.4, -0.2) is 59.1 Å². The number of fused-ring (bicyclic) bond motifs is 3. The Morgan fingerprint density at radius 2 is 1.76 bits per heavy atom. The largest absolute Gasteiger partial charge is 0.506 e. The van der Waals surface area contributed by atoms with Crippen molar-refractivity contribution >= 4 is 28.6 Å². The number of hydrogen-bond acceptors (Lipinski definition) is 8. The molecule has 2 aliphatic heterocycles. The number of carboxylic acid groups (broad SMARTS) is 2. The van der Waals surface area contributed by atoms with Gasteiger partial charge in [-0.25, -0.2) is 9.59 Å². The first-order valence-corrected chi connectivity index (χ1v) is 12.0. The SMILES string of the molecule is N[C@@H](CC1COc2ccc3occc3c2O1)C1CCN(c2ccccc2O)CC1.O=C(O)/C=C/C(=O)O. The maximum atomic E-state index is 10.1. The summed E-state index contributed by atoms with van der Waals surface area (Å²) in [4.78, 5) is 21.3. The van der Waals surface area contributed by atoms with Crippen LogP contribution in [0.25, 0.3) is 11.0 Å². The first kappa shape index (κ1) is 25.9. The van der Waals surface area contributed by atoms with Gasteiger partial charge in [0.2, 0.25) is 0 Å². The molecule has 1 fully saturated rings. The molecule has 0 bridgehead atoms. The zero-order valence-corrected chi connectivity index (χ0v) is 20.2. The molecule has 37 heavy (non-hydrogen) atoms. The number of phenolic OH excluding ortho intramolecular Hbond substituents is 1. The minimum Gasteiger partial charge on any atom is -0.506 e. The van der Waals surface area contributed by atoms with E-state index in [4.69, 9.17) is 29.8 Å². The van der Waals surface area contributed by atoms with Gasteiger partial charge in [0.15, 0.2) is 11.5 Å². The molecule has 2 aromatic carbocycles. The van der Waals surface area contributed by atoms with Gasteiger partial charge in [0.05, 0.1) is 17.3 Å². The lowest BCUT2D eigenvalue weighted by molar-refractivity contribution is -0.134. The number of rotatable bonds is 6. The summed E-state index contributed by atoms with van der Waals surface area (Å²) in [6, 6.07) is 13.3. The summed E-state index contributed by atoms with van der Waals surface area (Å²) in [6.45, 7) is 2.31. The van der Waals surface area contributed by atoms with E-state index in [0.29, 0.717) is 30.4 Å². The van der Waals surface area contributed by atoms with Crippen LogP contribution < -0.4 is 20.1 Å². The van der Waals surface area contributed by atoms with Crippen LogP contribution >= 0.6 is 0 Å². The average Bonchev–Trinajstić information content (AvgIpc) is 3.38. The number of ether oxygens (including phenoxy) is 2. The fourth-order valence-electron chi connectivity index (χ4n) is 4.67. The number of para-hydroxylation sites is 2. The van der Waals surface area contributed by atoms with Crippen molar-refractivity contribution in [3.8, 4) is 17.2 Å². The van der Waals surface area contributed by atoms with Gasteiger partial charge in [-0.2, -0.15) is 0 Å². The summed E-state index contributed by atoms with van der Waals surface area (Å²) < 4.78 is 17.7. The molecule has 0 radical (unpaired) electrons. The first-order valence-electron chi connectivity index (χ1n) is 12.0. The van der Waals surface area contributed by atoms with Gasteiger partial charge in [-0.05, 0) is 49.1 Å². The summed E-state index contributed by atoms with van der Waals surface area (Å²) in [6.07, 6.45) is 5.49. The van der Waals surface area contributed by atoms with Crippen LogP contribution in [-0.2, 0) is 9.59 Å². The molecule has 2 atom stereocenters. The summed E-state index contributed by atoms with van der Waals surface area (Å²) in [5, 5.41) is 26.7. The molecule has 196 valence electrons. The van der Waals surface area contributed by atoms with Crippen molar-refractivity contribution in [2.24, 2.45) is 11.7 Å². The van der Waals surface area contributed by atoms with Gasteiger partial charge >= 0.3 is 11.9 Å². The zero-order valence-electron chi connectivity index (χ0n) is 20.2. The molecular formula is C27H30N2O8. The standard InChI is InChI=1S/C23H26N2O4.C4H4O4/c24-18(15-7-10-25(11-8-15)19-3-1-2-4-20(19)26)13-16-14-28-22-6-5-21-17(9-12-27-21)23(22)29-16;5-3(6)1-2-4(7)8/h1-6,9,12,15-16,18,26H,7-8,10-11,13-14,24H2;1-2H,(H,5,6)(H,7,8)/b;2-1+/t16?,18-;/m0./s1. The summed E-state index contributed by atoms with van der Waals surface area (Å²) in [7, 11) is 0. The Balaban J connectivity index is 0.000000349. The second-order valence-electron chi connectivity index (χ2n) is 9.00. The molecule has 1 saturated heterocycles. The average molecular weight is 511 g/mol. The number of benzene rings is 2. The maximum absolute atomic E-state index is 10.1. The van der Waals surface area contributed by atoms with Gasteiger partial charge in [0, 0.05) is 37.7 Å². The first-order chi connectivity index (χ1) is 17.8. The molecule has 0 amide bonds. The minimum absolute atomic E-state index is 0.0558. The number of carboxylic acids is 2. The molecule has 2 aliphatic rings. The molecule has 5 rings (SSSR count).